The summed E-state index contributed by atoms with van der Waals surface area (Å²) in [6, 6.07) is 4.81. The summed E-state index contributed by atoms with van der Waals surface area (Å²) in [5.41, 5.74) is 3.42. The van der Waals surface area contributed by atoms with E-state index in [1.54, 1.807) is 19.5 Å². The molecule has 0 spiro atoms. The third-order valence-corrected chi connectivity index (χ3v) is 7.45. The highest BCUT2D eigenvalue weighted by atomic mass is 35.5. The van der Waals surface area contributed by atoms with Crippen molar-refractivity contribution in [1.82, 2.24) is 15.3 Å². The molecule has 180 valence electrons. The maximum Gasteiger partial charge on any atom is 0.236 e. The Bertz CT molecular complexity index is 944. The standard InChI is InChI=1S/C26H36ClFN4O/c1-17(15-33-3)32-20-6-4-18(5-7-20)10-21-12-22(23(27)14-29-21)19-11-24(25(28)30-13-19)31-16-26(2)8-9-26/h11-14,17-18,20,31-32H,4-10,15-16H2,1-3H3/t17-,18?,20?/m1/s1. The molecule has 0 aliphatic heterocycles. The summed E-state index contributed by atoms with van der Waals surface area (Å²) in [4.78, 5) is 8.58. The number of hydrogen-bond donors (Lipinski definition) is 2. The first-order valence-corrected chi connectivity index (χ1v) is 12.5. The van der Waals surface area contributed by atoms with Crippen LogP contribution in [0.25, 0.3) is 11.1 Å². The summed E-state index contributed by atoms with van der Waals surface area (Å²) in [7, 11) is 1.75. The lowest BCUT2D eigenvalue weighted by Crippen LogP contribution is -2.41. The Morgan fingerprint density at radius 2 is 1.94 bits per heavy atom. The highest BCUT2D eigenvalue weighted by Gasteiger charge is 2.37. The van der Waals surface area contributed by atoms with Gasteiger partial charge in [0.1, 0.15) is 0 Å². The molecule has 2 aliphatic rings. The van der Waals surface area contributed by atoms with Gasteiger partial charge in [-0.15, -0.1) is 0 Å². The molecule has 2 fully saturated rings. The zero-order valence-corrected chi connectivity index (χ0v) is 20.7. The van der Waals surface area contributed by atoms with E-state index >= 15 is 0 Å². The lowest BCUT2D eigenvalue weighted by molar-refractivity contribution is 0.158. The van der Waals surface area contributed by atoms with Crippen LogP contribution in [0.2, 0.25) is 5.02 Å². The van der Waals surface area contributed by atoms with Crippen LogP contribution < -0.4 is 10.6 Å². The van der Waals surface area contributed by atoms with E-state index in [1.807, 2.05) is 12.1 Å². The molecule has 0 radical (unpaired) electrons. The van der Waals surface area contributed by atoms with Crippen molar-refractivity contribution in [3.05, 3.63) is 41.2 Å². The third kappa shape index (κ3) is 6.65. The Balaban J connectivity index is 1.39. The molecule has 4 rings (SSSR count). The number of halogens is 2. The largest absolute Gasteiger partial charge is 0.383 e. The third-order valence-electron chi connectivity index (χ3n) is 7.15. The SMILES string of the molecule is COC[C@@H](C)NC1CCC(Cc2cc(-c3cnc(F)c(NCC4(C)CC4)c3)c(Cl)cn2)CC1. The lowest BCUT2D eigenvalue weighted by Gasteiger charge is -2.31. The van der Waals surface area contributed by atoms with Crippen LogP contribution in [0.4, 0.5) is 10.1 Å². The predicted molar refractivity (Wildman–Crippen MR) is 132 cm³/mol. The molecule has 2 heterocycles. The van der Waals surface area contributed by atoms with Crippen LogP contribution in [0.1, 0.15) is 58.1 Å². The van der Waals surface area contributed by atoms with Crippen molar-refractivity contribution in [2.75, 3.05) is 25.6 Å². The molecule has 33 heavy (non-hydrogen) atoms. The number of ether oxygens (including phenoxy) is 1. The number of rotatable bonds is 10. The molecule has 2 aromatic rings. The molecular weight excluding hydrogens is 439 g/mol. The molecule has 5 nitrogen and oxygen atoms in total. The first-order valence-electron chi connectivity index (χ1n) is 12.1. The van der Waals surface area contributed by atoms with Crippen molar-refractivity contribution < 1.29 is 9.13 Å². The van der Waals surface area contributed by atoms with Crippen molar-refractivity contribution in [3.63, 3.8) is 0 Å². The van der Waals surface area contributed by atoms with Gasteiger partial charge in [-0.3, -0.25) is 4.98 Å². The number of anilines is 1. The van der Waals surface area contributed by atoms with Crippen molar-refractivity contribution >= 4 is 17.3 Å². The summed E-state index contributed by atoms with van der Waals surface area (Å²) < 4.78 is 19.5. The van der Waals surface area contributed by atoms with Crippen molar-refractivity contribution in [2.45, 2.75) is 70.9 Å². The second-order valence-electron chi connectivity index (χ2n) is 10.3. The van der Waals surface area contributed by atoms with Gasteiger partial charge >= 0.3 is 0 Å². The maximum absolute atomic E-state index is 14.3. The number of hydrogen-bond acceptors (Lipinski definition) is 5. The Morgan fingerprint density at radius 3 is 2.64 bits per heavy atom. The smallest absolute Gasteiger partial charge is 0.236 e. The number of nitrogens with zero attached hydrogens (tertiary/aromatic N) is 2. The van der Waals surface area contributed by atoms with E-state index in [1.165, 1.54) is 38.5 Å². The molecule has 2 N–H and O–H groups in total. The summed E-state index contributed by atoms with van der Waals surface area (Å²) in [5, 5.41) is 7.48. The molecule has 0 amide bonds. The minimum atomic E-state index is -0.474. The van der Waals surface area contributed by atoms with Gasteiger partial charge in [-0.1, -0.05) is 18.5 Å². The van der Waals surface area contributed by atoms with Crippen LogP contribution in [0.5, 0.6) is 0 Å². The molecule has 2 saturated carbocycles. The fourth-order valence-corrected chi connectivity index (χ4v) is 4.97. The van der Waals surface area contributed by atoms with Gasteiger partial charge in [0, 0.05) is 55.0 Å². The van der Waals surface area contributed by atoms with E-state index < -0.39 is 5.95 Å². The fraction of sp³-hybridized carbons (Fsp3) is 0.615. The Kier molecular flexibility index (Phi) is 7.87. The van der Waals surface area contributed by atoms with Crippen molar-refractivity contribution in [1.29, 1.82) is 0 Å². The summed E-state index contributed by atoms with van der Waals surface area (Å²) in [6.07, 6.45) is 11.3. The van der Waals surface area contributed by atoms with Crippen LogP contribution in [-0.2, 0) is 11.2 Å². The maximum atomic E-state index is 14.3. The molecule has 1 atom stereocenters. The van der Waals surface area contributed by atoms with E-state index in [2.05, 4.69) is 34.4 Å². The van der Waals surface area contributed by atoms with Gasteiger partial charge < -0.3 is 15.4 Å². The Hall–Kier alpha value is -1.76. The summed E-state index contributed by atoms with van der Waals surface area (Å²) in [5.74, 6) is 0.142. The van der Waals surface area contributed by atoms with Gasteiger partial charge in [-0.25, -0.2) is 4.98 Å². The monoisotopic (exact) mass is 474 g/mol. The molecular formula is C26H36ClFN4O. The predicted octanol–water partition coefficient (Wildman–Crippen LogP) is 5.87. The minimum absolute atomic E-state index is 0.278. The van der Waals surface area contributed by atoms with E-state index in [0.29, 0.717) is 28.7 Å². The Morgan fingerprint density at radius 1 is 1.18 bits per heavy atom. The molecule has 0 saturated heterocycles. The second kappa shape index (κ2) is 10.7. The van der Waals surface area contributed by atoms with Gasteiger partial charge in [-0.05, 0) is 75.3 Å². The van der Waals surface area contributed by atoms with Crippen LogP contribution in [0, 0.1) is 17.3 Å². The number of nitrogens with one attached hydrogen (secondary N) is 2. The van der Waals surface area contributed by atoms with Crippen LogP contribution in [0.15, 0.2) is 24.5 Å². The molecule has 7 heteroatoms. The van der Waals surface area contributed by atoms with Crippen molar-refractivity contribution in [2.24, 2.45) is 11.3 Å². The van der Waals surface area contributed by atoms with Gasteiger partial charge in [0.15, 0.2) is 0 Å². The molecule has 2 aliphatic carbocycles. The first-order chi connectivity index (χ1) is 15.8. The normalized spacial score (nSPS) is 22.7. The average Bonchev–Trinajstić information content (AvgIpc) is 3.53. The average molecular weight is 475 g/mol. The number of pyridine rings is 2. The van der Waals surface area contributed by atoms with E-state index in [-0.39, 0.29) is 5.41 Å². The second-order valence-corrected chi connectivity index (χ2v) is 10.7. The highest BCUT2D eigenvalue weighted by molar-refractivity contribution is 6.33. The number of aromatic nitrogens is 2. The Labute approximate surface area is 201 Å². The first kappa shape index (κ1) is 24.4. The van der Waals surface area contributed by atoms with Gasteiger partial charge in [0.05, 0.1) is 17.3 Å². The van der Waals surface area contributed by atoms with E-state index in [9.17, 15) is 4.39 Å². The van der Waals surface area contributed by atoms with Gasteiger partial charge in [-0.2, -0.15) is 4.39 Å². The van der Waals surface area contributed by atoms with Crippen LogP contribution in [0.3, 0.4) is 0 Å². The van der Waals surface area contributed by atoms with E-state index in [0.717, 1.165) is 36.4 Å². The molecule has 0 aromatic carbocycles. The van der Waals surface area contributed by atoms with E-state index in [4.69, 9.17) is 16.3 Å². The molecule has 0 bridgehead atoms. The topological polar surface area (TPSA) is 59.1 Å². The molecule has 2 aromatic heterocycles. The zero-order valence-electron chi connectivity index (χ0n) is 20.0. The summed E-state index contributed by atoms with van der Waals surface area (Å²) >= 11 is 6.50. The highest BCUT2D eigenvalue weighted by Crippen LogP contribution is 2.45. The van der Waals surface area contributed by atoms with Crippen LogP contribution in [-0.4, -0.2) is 42.3 Å². The fourth-order valence-electron chi connectivity index (χ4n) is 4.76. The number of methoxy groups -OCH3 is 1. The zero-order chi connectivity index (χ0) is 23.4. The van der Waals surface area contributed by atoms with Gasteiger partial charge in [0.2, 0.25) is 5.95 Å². The lowest BCUT2D eigenvalue weighted by atomic mass is 9.83. The minimum Gasteiger partial charge on any atom is -0.383 e. The summed E-state index contributed by atoms with van der Waals surface area (Å²) in [6.45, 7) is 5.88. The molecule has 0 unspecified atom stereocenters. The quantitative estimate of drug-likeness (QED) is 0.421. The van der Waals surface area contributed by atoms with Crippen molar-refractivity contribution in [3.8, 4) is 11.1 Å². The van der Waals surface area contributed by atoms with Gasteiger partial charge in [0.25, 0.3) is 0 Å². The van der Waals surface area contributed by atoms with Crippen LogP contribution >= 0.6 is 11.6 Å².